The summed E-state index contributed by atoms with van der Waals surface area (Å²) in [4.78, 5) is 36.0. The molecule has 0 bridgehead atoms. The number of anilines is 1. The lowest BCUT2D eigenvalue weighted by atomic mass is 10.1. The van der Waals surface area contributed by atoms with Crippen LogP contribution in [0.5, 0.6) is 5.88 Å². The molecule has 1 aliphatic carbocycles. The Morgan fingerprint density at radius 3 is 2.79 bits per heavy atom. The van der Waals surface area contributed by atoms with Crippen LogP contribution in [-0.4, -0.2) is 50.0 Å². The summed E-state index contributed by atoms with van der Waals surface area (Å²) in [5, 5.41) is 9.23. The predicted octanol–water partition coefficient (Wildman–Crippen LogP) is 1.18. The van der Waals surface area contributed by atoms with Crippen molar-refractivity contribution in [2.45, 2.75) is 51.2 Å². The molecule has 3 heterocycles. The molecule has 0 spiro atoms. The van der Waals surface area contributed by atoms with Gasteiger partial charge in [0.05, 0.1) is 31.0 Å². The molecule has 2 aromatic rings. The van der Waals surface area contributed by atoms with Gasteiger partial charge in [0.1, 0.15) is 11.4 Å². The Morgan fingerprint density at radius 2 is 2.14 bits per heavy atom. The van der Waals surface area contributed by atoms with Crippen LogP contribution in [0.25, 0.3) is 0 Å². The number of carbonyl (C=O) groups is 2. The first-order valence-corrected chi connectivity index (χ1v) is 9.35. The minimum absolute atomic E-state index is 0.0674. The number of H-pyrrole nitrogens is 1. The second-order valence-corrected chi connectivity index (χ2v) is 7.18. The van der Waals surface area contributed by atoms with E-state index in [-0.39, 0.29) is 29.3 Å². The molecule has 1 fully saturated rings. The van der Waals surface area contributed by atoms with Crippen molar-refractivity contribution in [3.05, 3.63) is 28.7 Å². The number of nitrogens with one attached hydrogen (secondary N) is 2. The van der Waals surface area contributed by atoms with Gasteiger partial charge in [-0.15, -0.1) is 5.10 Å². The quantitative estimate of drug-likeness (QED) is 0.702. The van der Waals surface area contributed by atoms with Gasteiger partial charge in [-0.25, -0.2) is 4.98 Å². The van der Waals surface area contributed by atoms with E-state index in [0.717, 1.165) is 25.7 Å². The van der Waals surface area contributed by atoms with Crippen molar-refractivity contribution in [3.63, 3.8) is 0 Å². The SMILES string of the molecule is COc1nc2c(cc1C(=O)NC(C)c1nc(N)n[nH]1)C(=O)N(C1CCCC1)C2. The molecule has 0 saturated heterocycles. The Balaban J connectivity index is 1.58. The van der Waals surface area contributed by atoms with Crippen molar-refractivity contribution < 1.29 is 14.3 Å². The number of ether oxygens (including phenoxy) is 1. The molecule has 2 aromatic heterocycles. The molecule has 1 saturated carbocycles. The third kappa shape index (κ3) is 3.14. The highest BCUT2D eigenvalue weighted by atomic mass is 16.5. The molecular formula is C18H23N7O3. The van der Waals surface area contributed by atoms with Crippen LogP contribution >= 0.6 is 0 Å². The fourth-order valence-corrected chi connectivity index (χ4v) is 3.88. The number of nitrogen functional groups attached to an aromatic ring is 1. The maximum absolute atomic E-state index is 12.9. The number of hydrogen-bond acceptors (Lipinski definition) is 7. The number of methoxy groups -OCH3 is 1. The summed E-state index contributed by atoms with van der Waals surface area (Å²) in [6, 6.07) is 1.37. The number of pyridine rings is 1. The second kappa shape index (κ2) is 7.10. The molecule has 1 aliphatic heterocycles. The van der Waals surface area contributed by atoms with Gasteiger partial charge in [0, 0.05) is 6.04 Å². The van der Waals surface area contributed by atoms with Crippen LogP contribution in [0.15, 0.2) is 6.07 Å². The van der Waals surface area contributed by atoms with E-state index in [4.69, 9.17) is 10.5 Å². The topological polar surface area (TPSA) is 139 Å². The molecule has 2 aliphatic rings. The Bertz CT molecular complexity index is 920. The van der Waals surface area contributed by atoms with E-state index in [1.807, 2.05) is 4.90 Å². The van der Waals surface area contributed by atoms with Gasteiger partial charge in [0.25, 0.3) is 11.8 Å². The number of nitrogens with two attached hydrogens (primary N) is 1. The van der Waals surface area contributed by atoms with Crippen molar-refractivity contribution in [2.75, 3.05) is 12.8 Å². The standard InChI is InChI=1S/C18H23N7O3/c1-9(14-22-18(19)24-23-14)20-15(26)12-7-11-13(21-16(12)28-2)8-25(17(11)27)10-5-3-4-6-10/h7,9-10H,3-6,8H2,1-2H3,(H,20,26)(H3,19,22,23,24). The average Bonchev–Trinajstić information content (AvgIpc) is 3.41. The van der Waals surface area contributed by atoms with E-state index in [1.165, 1.54) is 7.11 Å². The minimum atomic E-state index is -0.457. The maximum atomic E-state index is 12.9. The highest BCUT2D eigenvalue weighted by molar-refractivity contribution is 6.03. The van der Waals surface area contributed by atoms with Crippen molar-refractivity contribution in [1.29, 1.82) is 0 Å². The zero-order valence-corrected chi connectivity index (χ0v) is 15.9. The third-order valence-corrected chi connectivity index (χ3v) is 5.36. The van der Waals surface area contributed by atoms with Crippen molar-refractivity contribution in [2.24, 2.45) is 0 Å². The number of nitrogens with zero attached hydrogens (tertiary/aromatic N) is 4. The van der Waals surface area contributed by atoms with Crippen LogP contribution in [0.2, 0.25) is 0 Å². The van der Waals surface area contributed by atoms with E-state index in [2.05, 4.69) is 25.5 Å². The van der Waals surface area contributed by atoms with E-state index in [0.29, 0.717) is 23.6 Å². The average molecular weight is 385 g/mol. The molecule has 148 valence electrons. The van der Waals surface area contributed by atoms with Gasteiger partial charge in [-0.2, -0.15) is 4.98 Å². The summed E-state index contributed by atoms with van der Waals surface area (Å²) in [6.07, 6.45) is 4.31. The Morgan fingerprint density at radius 1 is 1.39 bits per heavy atom. The Hall–Kier alpha value is -3.17. The fourth-order valence-electron chi connectivity index (χ4n) is 3.88. The summed E-state index contributed by atoms with van der Waals surface area (Å²) < 4.78 is 5.32. The zero-order chi connectivity index (χ0) is 19.8. The summed E-state index contributed by atoms with van der Waals surface area (Å²) in [5.41, 5.74) is 6.84. The second-order valence-electron chi connectivity index (χ2n) is 7.18. The van der Waals surface area contributed by atoms with Crippen molar-refractivity contribution >= 4 is 17.8 Å². The number of aromatic nitrogens is 4. The van der Waals surface area contributed by atoms with Crippen molar-refractivity contribution in [1.82, 2.24) is 30.4 Å². The normalized spacial score (nSPS) is 17.6. The molecule has 0 radical (unpaired) electrons. The lowest BCUT2D eigenvalue weighted by molar-refractivity contribution is 0.0706. The first-order chi connectivity index (χ1) is 13.5. The Labute approximate surface area is 161 Å². The molecule has 4 rings (SSSR count). The number of amides is 2. The van der Waals surface area contributed by atoms with Crippen LogP contribution in [0.3, 0.4) is 0 Å². The molecule has 1 atom stereocenters. The largest absolute Gasteiger partial charge is 0.480 e. The molecule has 4 N–H and O–H groups in total. The molecular weight excluding hydrogens is 362 g/mol. The molecule has 28 heavy (non-hydrogen) atoms. The lowest BCUT2D eigenvalue weighted by Gasteiger charge is -2.22. The Kier molecular flexibility index (Phi) is 4.62. The van der Waals surface area contributed by atoms with Crippen LogP contribution in [0.1, 0.15) is 70.9 Å². The van der Waals surface area contributed by atoms with Gasteiger partial charge >= 0.3 is 0 Å². The van der Waals surface area contributed by atoms with Gasteiger partial charge < -0.3 is 20.7 Å². The summed E-state index contributed by atoms with van der Waals surface area (Å²) in [5.74, 6) is 0.249. The van der Waals surface area contributed by atoms with Gasteiger partial charge in [-0.3, -0.25) is 14.7 Å². The maximum Gasteiger partial charge on any atom is 0.257 e. The highest BCUT2D eigenvalue weighted by Crippen LogP contribution is 2.33. The molecule has 10 heteroatoms. The lowest BCUT2D eigenvalue weighted by Crippen LogP contribution is -2.33. The van der Waals surface area contributed by atoms with Gasteiger partial charge in [-0.05, 0) is 25.8 Å². The van der Waals surface area contributed by atoms with E-state index in [9.17, 15) is 9.59 Å². The van der Waals surface area contributed by atoms with E-state index in [1.54, 1.807) is 13.0 Å². The smallest absolute Gasteiger partial charge is 0.257 e. The first kappa shape index (κ1) is 18.2. The fraction of sp³-hybridized carbons (Fsp3) is 0.500. The molecule has 0 aromatic carbocycles. The highest BCUT2D eigenvalue weighted by Gasteiger charge is 2.36. The zero-order valence-electron chi connectivity index (χ0n) is 15.9. The number of rotatable bonds is 5. The molecule has 1 unspecified atom stereocenters. The molecule has 10 nitrogen and oxygen atoms in total. The minimum Gasteiger partial charge on any atom is -0.480 e. The van der Waals surface area contributed by atoms with Crippen LogP contribution in [0, 0.1) is 0 Å². The van der Waals surface area contributed by atoms with Crippen LogP contribution < -0.4 is 15.8 Å². The van der Waals surface area contributed by atoms with Gasteiger partial charge in [-0.1, -0.05) is 12.8 Å². The summed E-state index contributed by atoms with van der Waals surface area (Å²) in [6.45, 7) is 2.21. The van der Waals surface area contributed by atoms with Gasteiger partial charge in [0.2, 0.25) is 11.8 Å². The van der Waals surface area contributed by atoms with E-state index >= 15 is 0 Å². The monoisotopic (exact) mass is 385 g/mol. The van der Waals surface area contributed by atoms with Crippen LogP contribution in [-0.2, 0) is 6.54 Å². The third-order valence-electron chi connectivity index (χ3n) is 5.36. The summed E-state index contributed by atoms with van der Waals surface area (Å²) >= 11 is 0. The number of hydrogen-bond donors (Lipinski definition) is 3. The molecule has 2 amide bonds. The number of carbonyl (C=O) groups excluding carboxylic acids is 2. The van der Waals surface area contributed by atoms with Crippen molar-refractivity contribution in [3.8, 4) is 5.88 Å². The summed E-state index contributed by atoms with van der Waals surface area (Å²) in [7, 11) is 1.46. The van der Waals surface area contributed by atoms with Gasteiger partial charge in [0.15, 0.2) is 0 Å². The predicted molar refractivity (Wildman–Crippen MR) is 99.6 cm³/mol. The van der Waals surface area contributed by atoms with E-state index < -0.39 is 11.9 Å². The number of aromatic amines is 1. The van der Waals surface area contributed by atoms with Crippen LogP contribution in [0.4, 0.5) is 5.95 Å². The number of fused-ring (bicyclic) bond motifs is 1. The first-order valence-electron chi connectivity index (χ1n) is 9.35.